The second-order valence-electron chi connectivity index (χ2n) is 3.75. The van der Waals surface area contributed by atoms with Crippen molar-refractivity contribution in [3.05, 3.63) is 35.1 Å². The van der Waals surface area contributed by atoms with E-state index in [9.17, 15) is 22.8 Å². The summed E-state index contributed by atoms with van der Waals surface area (Å²) in [5, 5.41) is 19.6. The van der Waals surface area contributed by atoms with Crippen molar-refractivity contribution in [2.45, 2.75) is 19.1 Å². The van der Waals surface area contributed by atoms with Crippen LogP contribution in [0.25, 0.3) is 0 Å². The number of benzene rings is 1. The molecule has 5 nitrogen and oxygen atoms in total. The topological polar surface area (TPSA) is 86.6 Å². The lowest BCUT2D eigenvalue weighted by Crippen LogP contribution is -2.47. The van der Waals surface area contributed by atoms with Crippen molar-refractivity contribution >= 4 is 11.9 Å². The number of carbonyl (C=O) groups excluding carboxylic acids is 1. The molecule has 0 bridgehead atoms. The van der Waals surface area contributed by atoms with Crippen molar-refractivity contribution in [2.75, 3.05) is 0 Å². The Labute approximate surface area is 105 Å². The highest BCUT2D eigenvalue weighted by Crippen LogP contribution is 2.15. The van der Waals surface area contributed by atoms with Crippen molar-refractivity contribution < 1.29 is 33.0 Å². The molecule has 0 saturated carbocycles. The highest BCUT2D eigenvalue weighted by atomic mass is 19.2. The maximum atomic E-state index is 13.3. The van der Waals surface area contributed by atoms with E-state index >= 15 is 0 Å². The Morgan fingerprint density at radius 1 is 1.21 bits per heavy atom. The third-order valence-corrected chi connectivity index (χ3v) is 2.31. The fourth-order valence-corrected chi connectivity index (χ4v) is 1.31. The molecule has 0 saturated heterocycles. The fourth-order valence-electron chi connectivity index (χ4n) is 1.31. The van der Waals surface area contributed by atoms with Crippen LogP contribution in [0.2, 0.25) is 0 Å². The van der Waals surface area contributed by atoms with Gasteiger partial charge in [0.1, 0.15) is 0 Å². The minimum absolute atomic E-state index is 0.533. The van der Waals surface area contributed by atoms with Gasteiger partial charge in [-0.1, -0.05) is 0 Å². The molecule has 0 aromatic heterocycles. The second-order valence-corrected chi connectivity index (χ2v) is 3.75. The molecule has 104 valence electrons. The van der Waals surface area contributed by atoms with Crippen molar-refractivity contribution in [1.82, 2.24) is 5.32 Å². The lowest BCUT2D eigenvalue weighted by molar-refractivity contribution is -0.141. The summed E-state index contributed by atoms with van der Waals surface area (Å²) >= 11 is 0. The summed E-state index contributed by atoms with van der Waals surface area (Å²) in [5.41, 5.74) is -0.856. The third kappa shape index (κ3) is 3.22. The van der Waals surface area contributed by atoms with Crippen LogP contribution >= 0.6 is 0 Å². The number of halogens is 3. The van der Waals surface area contributed by atoms with Crippen LogP contribution in [0.1, 0.15) is 17.3 Å². The van der Waals surface area contributed by atoms with E-state index in [1.54, 1.807) is 5.32 Å². The lowest BCUT2D eigenvalue weighted by Gasteiger charge is -2.17. The quantitative estimate of drug-likeness (QED) is 0.706. The zero-order chi connectivity index (χ0) is 14.7. The van der Waals surface area contributed by atoms with Crippen molar-refractivity contribution in [3.8, 4) is 0 Å². The molecular weight excluding hydrogens is 267 g/mol. The molecule has 0 aliphatic heterocycles. The van der Waals surface area contributed by atoms with Crippen LogP contribution in [0.15, 0.2) is 12.1 Å². The number of carbonyl (C=O) groups is 2. The molecule has 0 radical (unpaired) electrons. The maximum Gasteiger partial charge on any atom is 0.328 e. The molecule has 1 rings (SSSR count). The van der Waals surface area contributed by atoms with Crippen LogP contribution in [0.5, 0.6) is 0 Å². The van der Waals surface area contributed by atoms with Gasteiger partial charge < -0.3 is 15.5 Å². The van der Waals surface area contributed by atoms with Crippen LogP contribution in [-0.4, -0.2) is 34.2 Å². The summed E-state index contributed by atoms with van der Waals surface area (Å²) in [7, 11) is 0. The number of nitrogens with one attached hydrogen (secondary N) is 1. The Balaban J connectivity index is 3.02. The van der Waals surface area contributed by atoms with Gasteiger partial charge in [0.25, 0.3) is 5.91 Å². The average molecular weight is 277 g/mol. The summed E-state index contributed by atoms with van der Waals surface area (Å²) in [5.74, 6) is -7.86. The predicted octanol–water partition coefficient (Wildman–Crippen LogP) is 0.668. The first-order valence-electron chi connectivity index (χ1n) is 5.11. The average Bonchev–Trinajstić information content (AvgIpc) is 2.32. The summed E-state index contributed by atoms with van der Waals surface area (Å²) < 4.78 is 38.9. The summed E-state index contributed by atoms with van der Waals surface area (Å²) in [6.45, 7) is 1.10. The molecule has 2 atom stereocenters. The molecule has 1 amide bonds. The highest BCUT2D eigenvalue weighted by molar-refractivity contribution is 5.97. The van der Waals surface area contributed by atoms with E-state index in [1.165, 1.54) is 0 Å². The molecule has 0 heterocycles. The highest BCUT2D eigenvalue weighted by Gasteiger charge is 2.27. The Morgan fingerprint density at radius 3 is 2.26 bits per heavy atom. The van der Waals surface area contributed by atoms with Gasteiger partial charge in [-0.25, -0.2) is 18.0 Å². The maximum absolute atomic E-state index is 13.3. The van der Waals surface area contributed by atoms with Gasteiger partial charge in [-0.2, -0.15) is 0 Å². The molecular formula is C11H10F3NO4. The summed E-state index contributed by atoms with van der Waals surface area (Å²) in [6, 6.07) is -0.491. The van der Waals surface area contributed by atoms with Gasteiger partial charge in [-0.15, -0.1) is 0 Å². The van der Waals surface area contributed by atoms with Gasteiger partial charge in [0.05, 0.1) is 11.7 Å². The lowest BCUT2D eigenvalue weighted by atomic mass is 10.1. The van der Waals surface area contributed by atoms with E-state index < -0.39 is 47.0 Å². The Hall–Kier alpha value is -2.09. The molecule has 1 aromatic carbocycles. The van der Waals surface area contributed by atoms with E-state index in [4.69, 9.17) is 10.2 Å². The number of hydrogen-bond acceptors (Lipinski definition) is 3. The van der Waals surface area contributed by atoms with E-state index in [1.807, 2.05) is 0 Å². The van der Waals surface area contributed by atoms with Crippen LogP contribution in [0, 0.1) is 17.5 Å². The van der Waals surface area contributed by atoms with Crippen LogP contribution < -0.4 is 5.32 Å². The molecule has 0 aliphatic rings. The van der Waals surface area contributed by atoms with Gasteiger partial charge in [-0.05, 0) is 19.1 Å². The Kier molecular flexibility index (Phi) is 4.49. The molecule has 1 aromatic rings. The minimum atomic E-state index is -1.84. The number of rotatable bonds is 4. The van der Waals surface area contributed by atoms with E-state index in [0.29, 0.717) is 12.1 Å². The standard InChI is InChI=1S/C11H10F3NO4/c1-4(16)9(11(18)19)15-10(17)5-2-3-6(12)8(14)7(5)13/h2-4,9,16H,1H3,(H,15,17)(H,18,19). The van der Waals surface area contributed by atoms with Gasteiger partial charge >= 0.3 is 5.97 Å². The van der Waals surface area contributed by atoms with E-state index in [0.717, 1.165) is 6.92 Å². The first kappa shape index (κ1) is 15.0. The molecule has 19 heavy (non-hydrogen) atoms. The third-order valence-electron chi connectivity index (χ3n) is 2.31. The first-order valence-corrected chi connectivity index (χ1v) is 5.11. The normalized spacial score (nSPS) is 13.7. The van der Waals surface area contributed by atoms with Gasteiger partial charge in [-0.3, -0.25) is 4.79 Å². The minimum Gasteiger partial charge on any atom is -0.480 e. The zero-order valence-corrected chi connectivity index (χ0v) is 9.65. The monoisotopic (exact) mass is 277 g/mol. The fraction of sp³-hybridized carbons (Fsp3) is 0.273. The van der Waals surface area contributed by atoms with Crippen LogP contribution in [0.4, 0.5) is 13.2 Å². The summed E-state index contributed by atoms with van der Waals surface area (Å²) in [6.07, 6.45) is -1.45. The number of aliphatic carboxylic acids is 1. The first-order chi connectivity index (χ1) is 8.75. The number of aliphatic hydroxyl groups excluding tert-OH is 1. The van der Waals surface area contributed by atoms with Crippen LogP contribution in [0.3, 0.4) is 0 Å². The molecule has 0 fully saturated rings. The second kappa shape index (κ2) is 5.70. The molecule has 0 aliphatic carbocycles. The number of carboxylic acids is 1. The molecule has 8 heteroatoms. The van der Waals surface area contributed by atoms with E-state index in [-0.39, 0.29) is 0 Å². The van der Waals surface area contributed by atoms with Crippen molar-refractivity contribution in [1.29, 1.82) is 0 Å². The molecule has 0 spiro atoms. The summed E-state index contributed by atoms with van der Waals surface area (Å²) in [4.78, 5) is 22.2. The number of hydrogen-bond donors (Lipinski definition) is 3. The largest absolute Gasteiger partial charge is 0.480 e. The predicted molar refractivity (Wildman–Crippen MR) is 56.9 cm³/mol. The number of aliphatic hydroxyl groups is 1. The van der Waals surface area contributed by atoms with Gasteiger partial charge in [0.2, 0.25) is 0 Å². The van der Waals surface area contributed by atoms with Gasteiger partial charge in [0.15, 0.2) is 23.5 Å². The van der Waals surface area contributed by atoms with Crippen molar-refractivity contribution in [3.63, 3.8) is 0 Å². The van der Waals surface area contributed by atoms with Gasteiger partial charge in [0, 0.05) is 0 Å². The molecule has 3 N–H and O–H groups in total. The smallest absolute Gasteiger partial charge is 0.328 e. The SMILES string of the molecule is CC(O)C(NC(=O)c1ccc(F)c(F)c1F)C(=O)O. The van der Waals surface area contributed by atoms with Crippen molar-refractivity contribution in [2.24, 2.45) is 0 Å². The number of amides is 1. The zero-order valence-electron chi connectivity index (χ0n) is 9.65. The molecule has 2 unspecified atom stereocenters. The number of carboxylic acid groups (broad SMARTS) is 1. The van der Waals surface area contributed by atoms with Crippen LogP contribution in [-0.2, 0) is 4.79 Å². The van der Waals surface area contributed by atoms with E-state index in [2.05, 4.69) is 0 Å². The Morgan fingerprint density at radius 2 is 1.79 bits per heavy atom. The Bertz CT molecular complexity index is 519.